The highest BCUT2D eigenvalue weighted by atomic mass is 32.1. The Kier molecular flexibility index (Phi) is 2.80. The van der Waals surface area contributed by atoms with Gasteiger partial charge in [0, 0.05) is 12.1 Å². The first-order valence-electron chi connectivity index (χ1n) is 5.13. The Hall–Kier alpha value is -1.23. The molecule has 0 aliphatic carbocycles. The Morgan fingerprint density at radius 2 is 2.12 bits per heavy atom. The van der Waals surface area contributed by atoms with Crippen molar-refractivity contribution in [1.29, 1.82) is 0 Å². The number of H-pyrrole nitrogens is 1. The van der Waals surface area contributed by atoms with Crippen LogP contribution in [0.15, 0.2) is 12.1 Å². The van der Waals surface area contributed by atoms with E-state index in [1.54, 1.807) is 4.57 Å². The van der Waals surface area contributed by atoms with E-state index >= 15 is 0 Å². The van der Waals surface area contributed by atoms with Crippen LogP contribution in [0.3, 0.4) is 0 Å². The number of nitrogens with one attached hydrogen (secondary N) is 1. The highest BCUT2D eigenvalue weighted by molar-refractivity contribution is 7.71. The third-order valence-electron chi connectivity index (χ3n) is 2.78. The molecule has 86 valence electrons. The van der Waals surface area contributed by atoms with E-state index in [4.69, 9.17) is 12.2 Å². The number of aromatic amines is 1. The van der Waals surface area contributed by atoms with E-state index in [1.807, 2.05) is 13.8 Å². The molecule has 5 heteroatoms. The number of hydrogen-bond donors (Lipinski definition) is 1. The number of hydrogen-bond acceptors (Lipinski definition) is 1. The van der Waals surface area contributed by atoms with Gasteiger partial charge in [-0.3, -0.25) is 0 Å². The fraction of sp³-hybridized carbons (Fsp3) is 0.364. The number of benzene rings is 1. The summed E-state index contributed by atoms with van der Waals surface area (Å²) in [5, 5.41) is 0. The van der Waals surface area contributed by atoms with Crippen molar-refractivity contribution in [1.82, 2.24) is 9.55 Å². The molecule has 1 unspecified atom stereocenters. The highest BCUT2D eigenvalue weighted by Gasteiger charge is 2.13. The van der Waals surface area contributed by atoms with Crippen molar-refractivity contribution in [3.63, 3.8) is 0 Å². The van der Waals surface area contributed by atoms with Crippen LogP contribution in [0, 0.1) is 16.4 Å². The van der Waals surface area contributed by atoms with E-state index in [0.717, 1.165) is 12.5 Å². The van der Waals surface area contributed by atoms with Crippen molar-refractivity contribution in [2.24, 2.45) is 0 Å². The summed E-state index contributed by atoms with van der Waals surface area (Å²) in [6.07, 6.45) is 0.847. The zero-order chi connectivity index (χ0) is 11.9. The molecule has 2 rings (SSSR count). The molecule has 0 saturated heterocycles. The number of imidazole rings is 1. The van der Waals surface area contributed by atoms with E-state index in [9.17, 15) is 8.78 Å². The molecule has 2 aromatic rings. The SMILES string of the molecule is CCC(C)n1c(=S)[nH]c2c(F)cc(F)cc21. The van der Waals surface area contributed by atoms with Crippen molar-refractivity contribution in [2.75, 3.05) is 0 Å². The molecular weight excluding hydrogens is 230 g/mol. The normalized spacial score (nSPS) is 13.2. The monoisotopic (exact) mass is 242 g/mol. The molecule has 0 saturated carbocycles. The summed E-state index contributed by atoms with van der Waals surface area (Å²) in [5.74, 6) is -1.20. The van der Waals surface area contributed by atoms with Crippen LogP contribution in [-0.2, 0) is 0 Å². The van der Waals surface area contributed by atoms with Gasteiger partial charge in [0.2, 0.25) is 0 Å². The van der Waals surface area contributed by atoms with Crippen molar-refractivity contribution in [2.45, 2.75) is 26.3 Å². The van der Waals surface area contributed by atoms with Crippen LogP contribution in [-0.4, -0.2) is 9.55 Å². The number of aromatic nitrogens is 2. The average Bonchev–Trinajstić information content (AvgIpc) is 2.54. The number of fused-ring (bicyclic) bond motifs is 1. The Bertz CT molecular complexity index is 585. The van der Waals surface area contributed by atoms with Crippen LogP contribution in [0.2, 0.25) is 0 Å². The van der Waals surface area contributed by atoms with E-state index in [1.165, 1.54) is 6.07 Å². The molecule has 0 bridgehead atoms. The quantitative estimate of drug-likeness (QED) is 0.791. The highest BCUT2D eigenvalue weighted by Crippen LogP contribution is 2.23. The van der Waals surface area contributed by atoms with Crippen LogP contribution in [0.1, 0.15) is 26.3 Å². The van der Waals surface area contributed by atoms with E-state index in [-0.39, 0.29) is 11.6 Å². The number of rotatable bonds is 2. The molecule has 0 radical (unpaired) electrons. The molecule has 0 aliphatic rings. The largest absolute Gasteiger partial charge is 0.328 e. The molecule has 1 N–H and O–H groups in total. The fourth-order valence-corrected chi connectivity index (χ4v) is 2.15. The smallest absolute Gasteiger partial charge is 0.178 e. The molecular formula is C11H12F2N2S. The molecule has 1 atom stereocenters. The lowest BCUT2D eigenvalue weighted by molar-refractivity contribution is 0.536. The summed E-state index contributed by atoms with van der Waals surface area (Å²) < 4.78 is 28.8. The maximum Gasteiger partial charge on any atom is 0.178 e. The average molecular weight is 242 g/mol. The minimum absolute atomic E-state index is 0.113. The Balaban J connectivity index is 2.83. The second-order valence-electron chi connectivity index (χ2n) is 3.84. The molecule has 0 aliphatic heterocycles. The minimum atomic E-state index is -0.608. The number of nitrogens with zero attached hydrogens (tertiary/aromatic N) is 1. The van der Waals surface area contributed by atoms with Gasteiger partial charge in [0.25, 0.3) is 0 Å². The van der Waals surface area contributed by atoms with Gasteiger partial charge in [-0.05, 0) is 31.6 Å². The maximum absolute atomic E-state index is 13.5. The maximum atomic E-state index is 13.5. The van der Waals surface area contributed by atoms with E-state index in [2.05, 4.69) is 4.98 Å². The van der Waals surface area contributed by atoms with Crippen LogP contribution < -0.4 is 0 Å². The van der Waals surface area contributed by atoms with Crippen LogP contribution >= 0.6 is 12.2 Å². The lowest BCUT2D eigenvalue weighted by atomic mass is 10.2. The van der Waals surface area contributed by atoms with Crippen molar-refractivity contribution in [3.8, 4) is 0 Å². The summed E-state index contributed by atoms with van der Waals surface area (Å²) in [4.78, 5) is 2.77. The fourth-order valence-electron chi connectivity index (χ4n) is 1.77. The standard InChI is InChI=1S/C11H12F2N2S/c1-3-6(2)15-9-5-7(12)4-8(13)10(9)14-11(15)16/h4-6H,3H2,1-2H3,(H,14,16). The van der Waals surface area contributed by atoms with Crippen LogP contribution in [0.5, 0.6) is 0 Å². The molecule has 16 heavy (non-hydrogen) atoms. The third-order valence-corrected chi connectivity index (χ3v) is 3.07. The predicted molar refractivity (Wildman–Crippen MR) is 62.0 cm³/mol. The van der Waals surface area contributed by atoms with Gasteiger partial charge >= 0.3 is 0 Å². The molecule has 0 amide bonds. The Morgan fingerprint density at radius 3 is 2.75 bits per heavy atom. The molecule has 1 aromatic heterocycles. The lowest BCUT2D eigenvalue weighted by Crippen LogP contribution is -2.03. The van der Waals surface area contributed by atoms with E-state index < -0.39 is 11.6 Å². The topological polar surface area (TPSA) is 20.7 Å². The zero-order valence-corrected chi connectivity index (χ0v) is 9.87. The summed E-state index contributed by atoms with van der Waals surface area (Å²) in [5.41, 5.74) is 0.753. The summed E-state index contributed by atoms with van der Waals surface area (Å²) in [6.45, 7) is 3.97. The number of halogens is 2. The summed E-state index contributed by atoms with van der Waals surface area (Å²) >= 11 is 5.12. The van der Waals surface area contributed by atoms with Gasteiger partial charge in [0.05, 0.1) is 5.52 Å². The first-order valence-corrected chi connectivity index (χ1v) is 5.54. The lowest BCUT2D eigenvalue weighted by Gasteiger charge is -2.11. The predicted octanol–water partition coefficient (Wildman–Crippen LogP) is 3.95. The molecule has 2 nitrogen and oxygen atoms in total. The van der Waals surface area contributed by atoms with Gasteiger partial charge in [-0.2, -0.15) is 0 Å². The second-order valence-corrected chi connectivity index (χ2v) is 4.23. The summed E-state index contributed by atoms with van der Waals surface area (Å²) in [7, 11) is 0. The molecule has 0 spiro atoms. The van der Waals surface area contributed by atoms with Gasteiger partial charge in [-0.15, -0.1) is 0 Å². The first kappa shape index (κ1) is 11.3. The van der Waals surface area contributed by atoms with Gasteiger partial charge in [0.1, 0.15) is 11.3 Å². The molecule has 1 heterocycles. The first-order chi connectivity index (χ1) is 7.54. The van der Waals surface area contributed by atoms with Gasteiger partial charge in [-0.1, -0.05) is 6.92 Å². The van der Waals surface area contributed by atoms with Gasteiger partial charge in [-0.25, -0.2) is 8.78 Å². The second kappa shape index (κ2) is 3.97. The molecule has 1 aromatic carbocycles. The third kappa shape index (κ3) is 1.65. The summed E-state index contributed by atoms with van der Waals surface area (Å²) in [6, 6.07) is 2.27. The van der Waals surface area contributed by atoms with Crippen molar-refractivity contribution in [3.05, 3.63) is 28.5 Å². The Labute approximate surface area is 96.9 Å². The zero-order valence-electron chi connectivity index (χ0n) is 9.05. The van der Waals surface area contributed by atoms with E-state index in [0.29, 0.717) is 10.3 Å². The van der Waals surface area contributed by atoms with Crippen LogP contribution in [0.25, 0.3) is 11.0 Å². The van der Waals surface area contributed by atoms with Crippen molar-refractivity contribution < 1.29 is 8.78 Å². The van der Waals surface area contributed by atoms with Gasteiger partial charge < -0.3 is 9.55 Å². The van der Waals surface area contributed by atoms with Crippen molar-refractivity contribution >= 4 is 23.3 Å². The van der Waals surface area contributed by atoms with Crippen LogP contribution in [0.4, 0.5) is 8.78 Å². The molecule has 0 fully saturated rings. The Morgan fingerprint density at radius 1 is 1.44 bits per heavy atom. The van der Waals surface area contributed by atoms with Gasteiger partial charge in [0.15, 0.2) is 10.6 Å². The minimum Gasteiger partial charge on any atom is -0.328 e.